The Morgan fingerprint density at radius 3 is 2.47 bits per heavy atom. The summed E-state index contributed by atoms with van der Waals surface area (Å²) < 4.78 is 5.46. The fourth-order valence-corrected chi connectivity index (χ4v) is 1.37. The average molecular weight is 215 g/mol. The van der Waals surface area contributed by atoms with E-state index >= 15 is 0 Å². The van der Waals surface area contributed by atoms with Crippen molar-refractivity contribution in [3.8, 4) is 0 Å². The fourth-order valence-electron chi connectivity index (χ4n) is 1.37. The van der Waals surface area contributed by atoms with Crippen LogP contribution >= 0.6 is 0 Å². The maximum absolute atomic E-state index is 10.9. The molecule has 0 aromatic rings. The van der Waals surface area contributed by atoms with Gasteiger partial charge in [0.1, 0.15) is 6.29 Å². The van der Waals surface area contributed by atoms with E-state index in [-0.39, 0.29) is 11.5 Å². The maximum Gasteiger partial charge on any atom is 0.127 e. The molecule has 0 spiro atoms. The minimum atomic E-state index is -0.216. The molecule has 0 aliphatic heterocycles. The lowest BCUT2D eigenvalue weighted by Gasteiger charge is -2.27. The van der Waals surface area contributed by atoms with Crippen LogP contribution in [0.2, 0.25) is 0 Å². The van der Waals surface area contributed by atoms with E-state index in [2.05, 4.69) is 4.90 Å². The predicted octanol–water partition coefficient (Wildman–Crippen LogP) is 1.96. The van der Waals surface area contributed by atoms with Gasteiger partial charge in [0.15, 0.2) is 0 Å². The Bertz CT molecular complexity index is 182. The first-order valence-electron chi connectivity index (χ1n) is 5.70. The number of carbonyl (C=O) groups excluding carboxylic acids is 1. The molecule has 1 unspecified atom stereocenters. The topological polar surface area (TPSA) is 29.5 Å². The summed E-state index contributed by atoms with van der Waals surface area (Å²) in [7, 11) is 2.03. The summed E-state index contributed by atoms with van der Waals surface area (Å²) >= 11 is 0. The van der Waals surface area contributed by atoms with Crippen LogP contribution in [0.1, 0.15) is 34.1 Å². The van der Waals surface area contributed by atoms with Crippen LogP contribution in [0, 0.1) is 5.41 Å². The number of hydrogen-bond donors (Lipinski definition) is 0. The fraction of sp³-hybridized carbons (Fsp3) is 0.917. The monoisotopic (exact) mass is 215 g/mol. The van der Waals surface area contributed by atoms with Crippen molar-refractivity contribution in [1.29, 1.82) is 0 Å². The number of carbonyl (C=O) groups is 1. The highest BCUT2D eigenvalue weighted by Crippen LogP contribution is 2.18. The molecule has 0 amide bonds. The summed E-state index contributed by atoms with van der Waals surface area (Å²) in [6, 6.07) is 0. The van der Waals surface area contributed by atoms with Gasteiger partial charge in [0, 0.05) is 18.5 Å². The highest BCUT2D eigenvalue weighted by atomic mass is 16.5. The average Bonchev–Trinajstić information content (AvgIpc) is 2.17. The summed E-state index contributed by atoms with van der Waals surface area (Å²) in [6.07, 6.45) is 2.22. The molecular formula is C12H25NO2. The Balaban J connectivity index is 3.81. The number of ether oxygens (including phenoxy) is 1. The van der Waals surface area contributed by atoms with Crippen LogP contribution in [0.15, 0.2) is 0 Å². The van der Waals surface area contributed by atoms with Crippen LogP contribution in [-0.2, 0) is 9.53 Å². The van der Waals surface area contributed by atoms with Gasteiger partial charge in [0.05, 0.1) is 12.7 Å². The van der Waals surface area contributed by atoms with Crippen molar-refractivity contribution in [1.82, 2.24) is 4.90 Å². The molecule has 0 heterocycles. The van der Waals surface area contributed by atoms with Gasteiger partial charge in [0.2, 0.25) is 0 Å². The van der Waals surface area contributed by atoms with Gasteiger partial charge in [-0.15, -0.1) is 0 Å². The predicted molar refractivity (Wildman–Crippen MR) is 63.0 cm³/mol. The van der Waals surface area contributed by atoms with Gasteiger partial charge >= 0.3 is 0 Å². The SMILES string of the molecule is CCC(C)(C=O)CN(C)CCOC(C)C. The summed E-state index contributed by atoms with van der Waals surface area (Å²) in [5.41, 5.74) is -0.216. The Morgan fingerprint density at radius 1 is 1.47 bits per heavy atom. The molecule has 3 heteroatoms. The molecule has 0 bridgehead atoms. The third kappa shape index (κ3) is 6.63. The zero-order valence-corrected chi connectivity index (χ0v) is 10.7. The normalized spacial score (nSPS) is 15.7. The second-order valence-electron chi connectivity index (χ2n) is 4.78. The second-order valence-corrected chi connectivity index (χ2v) is 4.78. The molecule has 15 heavy (non-hydrogen) atoms. The molecule has 0 rings (SSSR count). The van der Waals surface area contributed by atoms with Gasteiger partial charge in [-0.05, 0) is 27.3 Å². The standard InChI is InChI=1S/C12H25NO2/c1-6-12(4,10-14)9-13(5)7-8-15-11(2)3/h10-11H,6-9H2,1-5H3. The van der Waals surface area contributed by atoms with Gasteiger partial charge in [-0.1, -0.05) is 13.8 Å². The molecule has 0 saturated heterocycles. The van der Waals surface area contributed by atoms with E-state index < -0.39 is 0 Å². The van der Waals surface area contributed by atoms with Crippen molar-refractivity contribution in [3.05, 3.63) is 0 Å². The Kier molecular flexibility index (Phi) is 6.77. The Hall–Kier alpha value is -0.410. The van der Waals surface area contributed by atoms with Crippen molar-refractivity contribution in [2.45, 2.75) is 40.2 Å². The van der Waals surface area contributed by atoms with Crippen molar-refractivity contribution in [2.24, 2.45) is 5.41 Å². The molecule has 0 aromatic heterocycles. The molecule has 0 aliphatic carbocycles. The van der Waals surface area contributed by atoms with Crippen LogP contribution in [0.4, 0.5) is 0 Å². The molecule has 0 aliphatic rings. The van der Waals surface area contributed by atoms with Gasteiger partial charge < -0.3 is 14.4 Å². The van der Waals surface area contributed by atoms with Gasteiger partial charge in [-0.25, -0.2) is 0 Å². The number of likely N-dealkylation sites (N-methyl/N-ethyl adjacent to an activating group) is 1. The number of nitrogens with zero attached hydrogens (tertiary/aromatic N) is 1. The molecule has 0 fully saturated rings. The molecule has 0 radical (unpaired) electrons. The van der Waals surface area contributed by atoms with Crippen molar-refractivity contribution >= 4 is 6.29 Å². The highest BCUT2D eigenvalue weighted by molar-refractivity contribution is 5.58. The first-order valence-corrected chi connectivity index (χ1v) is 5.70. The molecule has 90 valence electrons. The Labute approximate surface area is 93.8 Å². The Morgan fingerprint density at radius 2 is 2.07 bits per heavy atom. The number of rotatable bonds is 8. The molecule has 0 saturated carbocycles. The minimum absolute atomic E-state index is 0.216. The maximum atomic E-state index is 10.9. The first kappa shape index (κ1) is 14.6. The van der Waals surface area contributed by atoms with E-state index in [1.54, 1.807) is 0 Å². The zero-order chi connectivity index (χ0) is 11.9. The number of aldehydes is 1. The largest absolute Gasteiger partial charge is 0.377 e. The van der Waals surface area contributed by atoms with Crippen LogP contribution < -0.4 is 0 Å². The minimum Gasteiger partial charge on any atom is -0.377 e. The highest BCUT2D eigenvalue weighted by Gasteiger charge is 2.22. The van der Waals surface area contributed by atoms with Crippen LogP contribution in [0.3, 0.4) is 0 Å². The lowest BCUT2D eigenvalue weighted by atomic mass is 9.89. The van der Waals surface area contributed by atoms with Crippen molar-refractivity contribution < 1.29 is 9.53 Å². The molecule has 1 atom stereocenters. The zero-order valence-electron chi connectivity index (χ0n) is 10.7. The van der Waals surface area contributed by atoms with E-state index in [1.165, 1.54) is 0 Å². The van der Waals surface area contributed by atoms with Crippen molar-refractivity contribution in [3.63, 3.8) is 0 Å². The van der Waals surface area contributed by atoms with Gasteiger partial charge in [-0.2, -0.15) is 0 Å². The smallest absolute Gasteiger partial charge is 0.127 e. The lowest BCUT2D eigenvalue weighted by molar-refractivity contribution is -0.116. The third-order valence-corrected chi connectivity index (χ3v) is 2.65. The van der Waals surface area contributed by atoms with Crippen molar-refractivity contribution in [2.75, 3.05) is 26.7 Å². The second kappa shape index (κ2) is 6.96. The summed E-state index contributed by atoms with van der Waals surface area (Å²) in [5, 5.41) is 0. The van der Waals surface area contributed by atoms with Crippen LogP contribution in [0.5, 0.6) is 0 Å². The summed E-state index contributed by atoms with van der Waals surface area (Å²) in [6.45, 7) is 10.5. The van der Waals surface area contributed by atoms with Crippen LogP contribution in [-0.4, -0.2) is 44.0 Å². The summed E-state index contributed by atoms with van der Waals surface area (Å²) in [5.74, 6) is 0. The van der Waals surface area contributed by atoms with Gasteiger partial charge in [-0.3, -0.25) is 0 Å². The van der Waals surface area contributed by atoms with E-state index in [4.69, 9.17) is 4.74 Å². The van der Waals surface area contributed by atoms with Gasteiger partial charge in [0.25, 0.3) is 0 Å². The van der Waals surface area contributed by atoms with E-state index in [9.17, 15) is 4.79 Å². The van der Waals surface area contributed by atoms with E-state index in [0.717, 1.165) is 32.4 Å². The first-order chi connectivity index (χ1) is 6.93. The molecular weight excluding hydrogens is 190 g/mol. The quantitative estimate of drug-likeness (QED) is 0.580. The lowest BCUT2D eigenvalue weighted by Crippen LogP contribution is -2.36. The van der Waals surface area contributed by atoms with Crippen LogP contribution in [0.25, 0.3) is 0 Å². The number of hydrogen-bond acceptors (Lipinski definition) is 3. The van der Waals surface area contributed by atoms with E-state index in [0.29, 0.717) is 0 Å². The molecule has 3 nitrogen and oxygen atoms in total. The molecule has 0 N–H and O–H groups in total. The third-order valence-electron chi connectivity index (χ3n) is 2.65. The molecule has 0 aromatic carbocycles. The van der Waals surface area contributed by atoms with E-state index in [1.807, 2.05) is 34.7 Å². The summed E-state index contributed by atoms with van der Waals surface area (Å²) in [4.78, 5) is 13.1.